The van der Waals surface area contributed by atoms with Crippen LogP contribution in [0, 0.1) is 13.8 Å². The molecule has 2 heterocycles. The molecule has 2 unspecified atom stereocenters. The van der Waals surface area contributed by atoms with E-state index in [0.29, 0.717) is 6.54 Å². The minimum atomic E-state index is 0.281. The summed E-state index contributed by atoms with van der Waals surface area (Å²) in [5.41, 5.74) is 3.76. The molecule has 2 atom stereocenters. The van der Waals surface area contributed by atoms with Crippen LogP contribution in [0.2, 0.25) is 0 Å². The molecule has 0 spiro atoms. The maximum absolute atomic E-state index is 5.88. The molecular weight excluding hydrogens is 406 g/mol. The van der Waals surface area contributed by atoms with Crippen LogP contribution in [0.3, 0.4) is 0 Å². The van der Waals surface area contributed by atoms with Crippen molar-refractivity contribution in [2.24, 2.45) is 4.99 Å². The summed E-state index contributed by atoms with van der Waals surface area (Å²) in [6, 6.07) is 8.64. The molecule has 1 aliphatic rings. The van der Waals surface area contributed by atoms with Crippen molar-refractivity contribution >= 4 is 17.3 Å². The van der Waals surface area contributed by atoms with Crippen molar-refractivity contribution in [3.05, 3.63) is 51.0 Å². The van der Waals surface area contributed by atoms with Gasteiger partial charge in [-0.25, -0.2) is 9.98 Å². The number of aliphatic imine (C=N–C) groups is 1. The van der Waals surface area contributed by atoms with Crippen LogP contribution in [0.15, 0.2) is 29.3 Å². The summed E-state index contributed by atoms with van der Waals surface area (Å²) < 4.78 is 5.88. The number of aromatic nitrogens is 1. The van der Waals surface area contributed by atoms with Gasteiger partial charge in [-0.1, -0.05) is 24.3 Å². The predicted octanol–water partition coefficient (Wildman–Crippen LogP) is 3.67. The van der Waals surface area contributed by atoms with Crippen molar-refractivity contribution in [2.75, 3.05) is 26.2 Å². The molecule has 0 aliphatic carbocycles. The Morgan fingerprint density at radius 2 is 1.87 bits per heavy atom. The maximum atomic E-state index is 5.88. The molecule has 6 nitrogen and oxygen atoms in total. The highest BCUT2D eigenvalue weighted by Gasteiger charge is 2.22. The van der Waals surface area contributed by atoms with E-state index in [2.05, 4.69) is 79.4 Å². The molecule has 1 aromatic carbocycles. The highest BCUT2D eigenvalue weighted by Crippen LogP contribution is 2.18. The van der Waals surface area contributed by atoms with E-state index in [0.717, 1.165) is 50.8 Å². The Morgan fingerprint density at radius 1 is 1.16 bits per heavy atom. The Kier molecular flexibility index (Phi) is 8.87. The Labute approximate surface area is 191 Å². The maximum Gasteiger partial charge on any atom is 0.191 e. The number of aryl methyl sites for hydroxylation is 2. The summed E-state index contributed by atoms with van der Waals surface area (Å²) >= 11 is 1.78. The van der Waals surface area contributed by atoms with E-state index >= 15 is 0 Å². The number of thiazole rings is 1. The third-order valence-electron chi connectivity index (χ3n) is 5.46. The number of benzene rings is 1. The van der Waals surface area contributed by atoms with E-state index in [1.165, 1.54) is 21.0 Å². The van der Waals surface area contributed by atoms with Gasteiger partial charge in [-0.2, -0.15) is 0 Å². The summed E-state index contributed by atoms with van der Waals surface area (Å²) in [6.07, 6.45) is 1.47. The number of hydrogen-bond donors (Lipinski definition) is 2. The highest BCUT2D eigenvalue weighted by molar-refractivity contribution is 7.11. The average molecular weight is 444 g/mol. The number of guanidine groups is 1. The van der Waals surface area contributed by atoms with Crippen LogP contribution in [-0.2, 0) is 24.2 Å². The lowest BCUT2D eigenvalue weighted by Gasteiger charge is -2.35. The Bertz CT molecular complexity index is 836. The predicted molar refractivity (Wildman–Crippen MR) is 130 cm³/mol. The molecule has 31 heavy (non-hydrogen) atoms. The van der Waals surface area contributed by atoms with Crippen LogP contribution in [-0.4, -0.2) is 54.2 Å². The van der Waals surface area contributed by atoms with E-state index in [9.17, 15) is 0 Å². The Hall–Kier alpha value is -1.96. The van der Waals surface area contributed by atoms with Crippen LogP contribution in [0.4, 0.5) is 0 Å². The first-order chi connectivity index (χ1) is 14.9. The molecule has 1 aromatic heterocycles. The van der Waals surface area contributed by atoms with Crippen LogP contribution >= 0.6 is 11.3 Å². The van der Waals surface area contributed by atoms with Gasteiger partial charge in [0.05, 0.1) is 29.5 Å². The van der Waals surface area contributed by atoms with Crippen LogP contribution < -0.4 is 10.6 Å². The molecule has 3 rings (SSSR count). The number of morpholine rings is 1. The summed E-state index contributed by atoms with van der Waals surface area (Å²) in [7, 11) is 0. The van der Waals surface area contributed by atoms with Gasteiger partial charge in [-0.15, -0.1) is 11.3 Å². The number of ether oxygens (including phenoxy) is 1. The first-order valence-electron chi connectivity index (χ1n) is 11.3. The zero-order valence-electron chi connectivity index (χ0n) is 19.6. The first-order valence-corrected chi connectivity index (χ1v) is 12.2. The van der Waals surface area contributed by atoms with E-state index in [4.69, 9.17) is 9.73 Å². The fraction of sp³-hybridized carbons (Fsp3) is 0.583. The lowest BCUT2D eigenvalue weighted by molar-refractivity contribution is -0.0705. The van der Waals surface area contributed by atoms with E-state index < -0.39 is 0 Å². The molecule has 170 valence electrons. The molecule has 1 saturated heterocycles. The van der Waals surface area contributed by atoms with Gasteiger partial charge in [-0.3, -0.25) is 4.90 Å². The van der Waals surface area contributed by atoms with Gasteiger partial charge in [0, 0.05) is 44.0 Å². The molecule has 0 amide bonds. The standard InChI is InChI=1S/C24H37N5OS/c1-6-25-24(26-12-11-23-28-19(4)20(5)31-23)27-13-21-9-7-8-10-22(21)16-29-14-17(2)30-18(3)15-29/h7-10,17-18H,6,11-16H2,1-5H3,(H2,25,26,27). The molecule has 1 fully saturated rings. The van der Waals surface area contributed by atoms with E-state index in [-0.39, 0.29) is 12.2 Å². The van der Waals surface area contributed by atoms with E-state index in [1.54, 1.807) is 11.3 Å². The fourth-order valence-electron chi connectivity index (χ4n) is 3.96. The first kappa shape index (κ1) is 23.7. The van der Waals surface area contributed by atoms with Gasteiger partial charge in [0.2, 0.25) is 0 Å². The molecule has 0 bridgehead atoms. The summed E-state index contributed by atoms with van der Waals surface area (Å²) in [4.78, 5) is 13.3. The Morgan fingerprint density at radius 3 is 2.52 bits per heavy atom. The van der Waals surface area contributed by atoms with Crippen molar-refractivity contribution in [1.29, 1.82) is 0 Å². The van der Waals surface area contributed by atoms with E-state index in [1.807, 2.05) is 0 Å². The highest BCUT2D eigenvalue weighted by atomic mass is 32.1. The van der Waals surface area contributed by atoms with Gasteiger partial charge in [0.1, 0.15) is 0 Å². The molecule has 2 aromatic rings. The minimum absolute atomic E-state index is 0.281. The largest absolute Gasteiger partial charge is 0.373 e. The average Bonchev–Trinajstić information content (AvgIpc) is 3.03. The second-order valence-electron chi connectivity index (χ2n) is 8.34. The molecule has 2 N–H and O–H groups in total. The van der Waals surface area contributed by atoms with Crippen LogP contribution in [0.25, 0.3) is 0 Å². The molecule has 7 heteroatoms. The number of rotatable bonds is 8. The van der Waals surface area contributed by atoms with Crippen molar-refractivity contribution in [3.63, 3.8) is 0 Å². The van der Waals surface area contributed by atoms with Crippen LogP contribution in [0.1, 0.15) is 47.5 Å². The molecule has 1 aliphatic heterocycles. The van der Waals surface area contributed by atoms with Gasteiger partial charge in [-0.05, 0) is 45.7 Å². The van der Waals surface area contributed by atoms with Gasteiger partial charge in [0.25, 0.3) is 0 Å². The van der Waals surface area contributed by atoms with Gasteiger partial charge in [0.15, 0.2) is 5.96 Å². The topological polar surface area (TPSA) is 61.8 Å². The summed E-state index contributed by atoms with van der Waals surface area (Å²) in [5, 5.41) is 8.00. The second kappa shape index (κ2) is 11.6. The Balaban J connectivity index is 1.59. The zero-order chi connectivity index (χ0) is 22.2. The zero-order valence-corrected chi connectivity index (χ0v) is 20.4. The lowest BCUT2D eigenvalue weighted by atomic mass is 10.1. The number of nitrogens with one attached hydrogen (secondary N) is 2. The minimum Gasteiger partial charge on any atom is -0.373 e. The third kappa shape index (κ3) is 7.30. The van der Waals surface area contributed by atoms with Crippen molar-refractivity contribution in [2.45, 2.75) is 66.3 Å². The van der Waals surface area contributed by atoms with Crippen molar-refractivity contribution < 1.29 is 4.74 Å². The second-order valence-corrected chi connectivity index (χ2v) is 9.63. The number of nitrogens with zero attached hydrogens (tertiary/aromatic N) is 3. The van der Waals surface area contributed by atoms with Crippen LogP contribution in [0.5, 0.6) is 0 Å². The number of hydrogen-bond acceptors (Lipinski definition) is 5. The quantitative estimate of drug-likeness (QED) is 0.482. The normalized spacial score (nSPS) is 20.1. The monoisotopic (exact) mass is 443 g/mol. The van der Waals surface area contributed by atoms with Crippen molar-refractivity contribution in [1.82, 2.24) is 20.5 Å². The summed E-state index contributed by atoms with van der Waals surface area (Å²) in [5.74, 6) is 0.857. The molecule has 0 radical (unpaired) electrons. The van der Waals surface area contributed by atoms with Gasteiger partial charge >= 0.3 is 0 Å². The SMILES string of the molecule is CCNC(=NCc1ccccc1CN1CC(C)OC(C)C1)NCCc1nc(C)c(C)s1. The summed E-state index contributed by atoms with van der Waals surface area (Å²) in [6.45, 7) is 15.8. The van der Waals surface area contributed by atoms with Crippen molar-refractivity contribution in [3.8, 4) is 0 Å². The smallest absolute Gasteiger partial charge is 0.191 e. The molecular formula is C24H37N5OS. The fourth-order valence-corrected chi connectivity index (χ4v) is 4.89. The lowest BCUT2D eigenvalue weighted by Crippen LogP contribution is -2.44. The molecule has 0 saturated carbocycles. The van der Waals surface area contributed by atoms with Gasteiger partial charge < -0.3 is 15.4 Å². The third-order valence-corrected chi connectivity index (χ3v) is 6.60.